The Bertz CT molecular complexity index is 460. The molecule has 0 aromatic heterocycles. The molecule has 0 atom stereocenters. The number of carbonyl (C=O) groups is 1. The van der Waals surface area contributed by atoms with Gasteiger partial charge in [-0.25, -0.2) is 4.79 Å². The molecule has 1 aromatic carbocycles. The minimum atomic E-state index is -1.38. The summed E-state index contributed by atoms with van der Waals surface area (Å²) in [5, 5.41) is 19.8. The normalized spacial score (nSPS) is 10.2. The third kappa shape index (κ3) is 4.22. The number of nitrogens with zero attached hydrogens (tertiary/aromatic N) is 1. The zero-order chi connectivity index (χ0) is 14.3. The lowest BCUT2D eigenvalue weighted by Gasteiger charge is -2.09. The Morgan fingerprint density at radius 3 is 2.74 bits per heavy atom. The van der Waals surface area contributed by atoms with Crippen molar-refractivity contribution in [3.63, 3.8) is 0 Å². The fraction of sp³-hybridized carbons (Fsp3) is 0.417. The summed E-state index contributed by atoms with van der Waals surface area (Å²) in [6.45, 7) is 3.19. The lowest BCUT2D eigenvalue weighted by atomic mass is 10.1. The zero-order valence-electron chi connectivity index (χ0n) is 10.5. The Hall–Kier alpha value is -2.15. The van der Waals surface area contributed by atoms with Crippen LogP contribution in [-0.2, 0) is 4.74 Å². The lowest BCUT2D eigenvalue weighted by molar-refractivity contribution is -0.385. The van der Waals surface area contributed by atoms with E-state index in [1.165, 1.54) is 12.1 Å². The van der Waals surface area contributed by atoms with Crippen LogP contribution >= 0.6 is 0 Å². The molecule has 0 amide bonds. The molecular formula is C12H15NO6. The molecule has 104 valence electrons. The Labute approximate surface area is 109 Å². The number of hydrogen-bond acceptors (Lipinski definition) is 5. The number of nitro groups is 1. The van der Waals surface area contributed by atoms with Crippen molar-refractivity contribution < 1.29 is 24.3 Å². The second-order valence-corrected chi connectivity index (χ2v) is 3.61. The average molecular weight is 269 g/mol. The highest BCUT2D eigenvalue weighted by atomic mass is 16.6. The van der Waals surface area contributed by atoms with Crippen LogP contribution in [-0.4, -0.2) is 35.8 Å². The Kier molecular flexibility index (Phi) is 5.74. The zero-order valence-corrected chi connectivity index (χ0v) is 10.5. The molecule has 0 heterocycles. The highest BCUT2D eigenvalue weighted by Crippen LogP contribution is 2.28. The number of benzene rings is 1. The van der Waals surface area contributed by atoms with Crippen molar-refractivity contribution in [1.29, 1.82) is 0 Å². The molecule has 19 heavy (non-hydrogen) atoms. The van der Waals surface area contributed by atoms with Crippen LogP contribution < -0.4 is 4.74 Å². The van der Waals surface area contributed by atoms with Crippen LogP contribution in [0.25, 0.3) is 0 Å². The number of carboxylic acid groups (broad SMARTS) is 1. The summed E-state index contributed by atoms with van der Waals surface area (Å²) in [5.41, 5.74) is -0.904. The monoisotopic (exact) mass is 269 g/mol. The molecular weight excluding hydrogens is 254 g/mol. The molecule has 0 aliphatic rings. The molecule has 0 saturated carbocycles. The number of carboxylic acids is 1. The molecule has 0 aliphatic carbocycles. The summed E-state index contributed by atoms with van der Waals surface area (Å²) in [7, 11) is 0. The van der Waals surface area contributed by atoms with Crippen molar-refractivity contribution in [2.75, 3.05) is 19.8 Å². The Balaban J connectivity index is 2.80. The fourth-order valence-corrected chi connectivity index (χ4v) is 1.49. The van der Waals surface area contributed by atoms with Crippen LogP contribution in [0.15, 0.2) is 18.2 Å². The lowest BCUT2D eigenvalue weighted by Crippen LogP contribution is -2.09. The van der Waals surface area contributed by atoms with Gasteiger partial charge >= 0.3 is 5.97 Å². The quantitative estimate of drug-likeness (QED) is 0.440. The number of nitro benzene ring substituents is 1. The van der Waals surface area contributed by atoms with Crippen molar-refractivity contribution in [2.45, 2.75) is 13.3 Å². The van der Waals surface area contributed by atoms with Crippen molar-refractivity contribution in [1.82, 2.24) is 0 Å². The molecule has 0 spiro atoms. The Morgan fingerprint density at radius 1 is 1.42 bits per heavy atom. The summed E-state index contributed by atoms with van der Waals surface area (Å²) in [4.78, 5) is 21.1. The minimum Gasteiger partial charge on any atom is -0.492 e. The molecule has 1 aromatic rings. The number of aromatic carboxylic acids is 1. The first kappa shape index (κ1) is 14.9. The van der Waals surface area contributed by atoms with Crippen molar-refractivity contribution in [3.8, 4) is 5.75 Å². The van der Waals surface area contributed by atoms with E-state index < -0.39 is 22.1 Å². The highest BCUT2D eigenvalue weighted by Gasteiger charge is 2.24. The van der Waals surface area contributed by atoms with E-state index in [4.69, 9.17) is 14.6 Å². The van der Waals surface area contributed by atoms with Crippen LogP contribution in [0.5, 0.6) is 5.75 Å². The van der Waals surface area contributed by atoms with Gasteiger partial charge in [0.2, 0.25) is 0 Å². The topological polar surface area (TPSA) is 98.9 Å². The minimum absolute atomic E-state index is 0.00167. The van der Waals surface area contributed by atoms with Crippen LogP contribution in [0.2, 0.25) is 0 Å². The van der Waals surface area contributed by atoms with E-state index in [0.717, 1.165) is 6.07 Å². The van der Waals surface area contributed by atoms with E-state index in [1.807, 2.05) is 6.92 Å². The summed E-state index contributed by atoms with van der Waals surface area (Å²) in [6, 6.07) is 3.93. The maximum atomic E-state index is 11.1. The molecule has 0 bridgehead atoms. The summed E-state index contributed by atoms with van der Waals surface area (Å²) >= 11 is 0. The summed E-state index contributed by atoms with van der Waals surface area (Å²) in [6.07, 6.45) is 0.579. The third-order valence-electron chi connectivity index (χ3n) is 2.31. The standard InChI is InChI=1S/C12H15NO6/c1-2-18-7-4-8-19-10-6-3-5-9(13(16)17)11(10)12(14)15/h3,5-6H,2,4,7-8H2,1H3,(H,14,15). The van der Waals surface area contributed by atoms with Crippen LogP contribution in [0.3, 0.4) is 0 Å². The first-order chi connectivity index (χ1) is 9.07. The highest BCUT2D eigenvalue weighted by molar-refractivity contribution is 5.95. The van der Waals surface area contributed by atoms with Gasteiger partial charge in [0, 0.05) is 25.7 Å². The van der Waals surface area contributed by atoms with Gasteiger partial charge in [-0.15, -0.1) is 0 Å². The van der Waals surface area contributed by atoms with Gasteiger partial charge in [0.25, 0.3) is 5.69 Å². The summed E-state index contributed by atoms with van der Waals surface area (Å²) < 4.78 is 10.4. The van der Waals surface area contributed by atoms with Gasteiger partial charge in [0.05, 0.1) is 11.5 Å². The van der Waals surface area contributed by atoms with Gasteiger partial charge in [0.15, 0.2) is 5.56 Å². The van der Waals surface area contributed by atoms with Gasteiger partial charge in [-0.3, -0.25) is 10.1 Å². The van der Waals surface area contributed by atoms with Gasteiger partial charge in [0.1, 0.15) is 5.75 Å². The predicted octanol–water partition coefficient (Wildman–Crippen LogP) is 2.10. The SMILES string of the molecule is CCOCCCOc1cccc([N+](=O)[O-])c1C(=O)O. The van der Waals surface area contributed by atoms with E-state index in [0.29, 0.717) is 19.6 Å². The molecule has 7 heteroatoms. The average Bonchev–Trinajstić information content (AvgIpc) is 2.37. The second-order valence-electron chi connectivity index (χ2n) is 3.61. The molecule has 0 fully saturated rings. The fourth-order valence-electron chi connectivity index (χ4n) is 1.49. The van der Waals surface area contributed by atoms with Crippen molar-refractivity contribution in [2.24, 2.45) is 0 Å². The first-order valence-electron chi connectivity index (χ1n) is 5.79. The number of rotatable bonds is 8. The predicted molar refractivity (Wildman–Crippen MR) is 66.7 cm³/mol. The van der Waals surface area contributed by atoms with Crippen LogP contribution in [0, 0.1) is 10.1 Å². The van der Waals surface area contributed by atoms with E-state index >= 15 is 0 Å². The molecule has 0 aliphatic heterocycles. The number of hydrogen-bond donors (Lipinski definition) is 1. The maximum Gasteiger partial charge on any atom is 0.346 e. The molecule has 1 N–H and O–H groups in total. The smallest absolute Gasteiger partial charge is 0.346 e. The van der Waals surface area contributed by atoms with Gasteiger partial charge in [-0.05, 0) is 13.0 Å². The van der Waals surface area contributed by atoms with Crippen molar-refractivity contribution in [3.05, 3.63) is 33.9 Å². The number of ether oxygens (including phenoxy) is 2. The molecule has 7 nitrogen and oxygen atoms in total. The van der Waals surface area contributed by atoms with E-state index in [-0.39, 0.29) is 12.4 Å². The van der Waals surface area contributed by atoms with Gasteiger partial charge < -0.3 is 14.6 Å². The molecule has 0 saturated heterocycles. The van der Waals surface area contributed by atoms with Crippen LogP contribution in [0.4, 0.5) is 5.69 Å². The first-order valence-corrected chi connectivity index (χ1v) is 5.79. The third-order valence-corrected chi connectivity index (χ3v) is 2.31. The van der Waals surface area contributed by atoms with Crippen molar-refractivity contribution >= 4 is 11.7 Å². The van der Waals surface area contributed by atoms with Gasteiger partial charge in [-0.1, -0.05) is 6.07 Å². The van der Waals surface area contributed by atoms with E-state index in [1.54, 1.807) is 0 Å². The maximum absolute atomic E-state index is 11.1. The Morgan fingerprint density at radius 2 is 2.16 bits per heavy atom. The second kappa shape index (κ2) is 7.32. The molecule has 0 unspecified atom stereocenters. The largest absolute Gasteiger partial charge is 0.492 e. The van der Waals surface area contributed by atoms with Crippen LogP contribution in [0.1, 0.15) is 23.7 Å². The molecule has 0 radical (unpaired) electrons. The van der Waals surface area contributed by atoms with E-state index in [9.17, 15) is 14.9 Å². The molecule has 1 rings (SSSR count). The summed E-state index contributed by atoms with van der Waals surface area (Å²) in [5.74, 6) is -1.38. The van der Waals surface area contributed by atoms with Gasteiger partial charge in [-0.2, -0.15) is 0 Å². The van der Waals surface area contributed by atoms with E-state index in [2.05, 4.69) is 0 Å².